The molecule has 2 N–H and O–H groups in total. The number of rotatable bonds is 2. The number of aryl methyl sites for hydroxylation is 1. The summed E-state index contributed by atoms with van der Waals surface area (Å²) in [5, 5.41) is 1.14. The van der Waals surface area contributed by atoms with Crippen molar-refractivity contribution in [3.63, 3.8) is 0 Å². The van der Waals surface area contributed by atoms with Crippen molar-refractivity contribution in [2.45, 2.75) is 13.5 Å². The molecule has 0 fully saturated rings. The van der Waals surface area contributed by atoms with Gasteiger partial charge in [-0.2, -0.15) is 0 Å². The molecule has 0 saturated carbocycles. The largest absolute Gasteiger partial charge is 0.465 e. The van der Waals surface area contributed by atoms with Crippen LogP contribution >= 0.6 is 11.6 Å². The predicted octanol–water partition coefficient (Wildman–Crippen LogP) is 2.64. The van der Waals surface area contributed by atoms with Crippen LogP contribution in [-0.2, 0) is 11.3 Å². The standard InChI is InChI=1S/C12H12ClNO3/c1-6-3-7-10(13)9(5-14)17-11(7)8(4-6)12(15)16-2/h3-4H,5,14H2,1-2H3. The van der Waals surface area contributed by atoms with E-state index in [9.17, 15) is 4.79 Å². The van der Waals surface area contributed by atoms with E-state index in [1.165, 1.54) is 7.11 Å². The summed E-state index contributed by atoms with van der Waals surface area (Å²) >= 11 is 6.12. The van der Waals surface area contributed by atoms with Gasteiger partial charge in [-0.05, 0) is 24.6 Å². The Kier molecular flexibility index (Phi) is 3.09. The van der Waals surface area contributed by atoms with E-state index in [1.807, 2.05) is 13.0 Å². The van der Waals surface area contributed by atoms with Gasteiger partial charge in [0.2, 0.25) is 0 Å². The maximum Gasteiger partial charge on any atom is 0.341 e. The van der Waals surface area contributed by atoms with Crippen LogP contribution in [0, 0.1) is 6.92 Å². The molecule has 0 saturated heterocycles. The highest BCUT2D eigenvalue weighted by Gasteiger charge is 2.19. The van der Waals surface area contributed by atoms with Crippen molar-refractivity contribution in [1.29, 1.82) is 0 Å². The first kappa shape index (κ1) is 12.0. The van der Waals surface area contributed by atoms with E-state index in [-0.39, 0.29) is 6.54 Å². The third kappa shape index (κ3) is 1.90. The highest BCUT2D eigenvalue weighted by atomic mass is 35.5. The molecule has 0 spiro atoms. The van der Waals surface area contributed by atoms with Gasteiger partial charge in [-0.1, -0.05) is 11.6 Å². The van der Waals surface area contributed by atoms with Gasteiger partial charge in [0.05, 0.1) is 18.7 Å². The third-order valence-corrected chi connectivity index (χ3v) is 2.94. The van der Waals surface area contributed by atoms with E-state index < -0.39 is 5.97 Å². The van der Waals surface area contributed by atoms with Crippen molar-refractivity contribution in [2.75, 3.05) is 7.11 Å². The lowest BCUT2D eigenvalue weighted by molar-refractivity contribution is 0.0601. The Morgan fingerprint density at radius 1 is 1.53 bits per heavy atom. The fourth-order valence-electron chi connectivity index (χ4n) is 1.76. The molecule has 2 aromatic rings. The van der Waals surface area contributed by atoms with Crippen LogP contribution in [0.3, 0.4) is 0 Å². The Bertz CT molecular complexity index is 589. The van der Waals surface area contributed by atoms with E-state index in [2.05, 4.69) is 0 Å². The summed E-state index contributed by atoms with van der Waals surface area (Å²) in [4.78, 5) is 11.6. The third-order valence-electron chi connectivity index (χ3n) is 2.53. The summed E-state index contributed by atoms with van der Waals surface area (Å²) < 4.78 is 10.2. The molecule has 0 aliphatic heterocycles. The van der Waals surface area contributed by atoms with E-state index in [0.29, 0.717) is 27.3 Å². The van der Waals surface area contributed by atoms with Gasteiger partial charge in [-0.15, -0.1) is 0 Å². The first-order valence-electron chi connectivity index (χ1n) is 5.08. The first-order valence-corrected chi connectivity index (χ1v) is 5.46. The minimum absolute atomic E-state index is 0.188. The second-order valence-corrected chi connectivity index (χ2v) is 4.10. The number of hydrogen-bond acceptors (Lipinski definition) is 4. The van der Waals surface area contributed by atoms with Crippen LogP contribution in [0.15, 0.2) is 16.5 Å². The van der Waals surface area contributed by atoms with Crippen LogP contribution in [0.4, 0.5) is 0 Å². The van der Waals surface area contributed by atoms with Crippen LogP contribution in [-0.4, -0.2) is 13.1 Å². The summed E-state index contributed by atoms with van der Waals surface area (Å²) in [6.45, 7) is 2.06. The van der Waals surface area contributed by atoms with E-state index >= 15 is 0 Å². The number of carbonyl (C=O) groups excluding carboxylic acids is 1. The molecule has 1 aromatic carbocycles. The SMILES string of the molecule is COC(=O)c1cc(C)cc2c(Cl)c(CN)oc12. The molecule has 1 heterocycles. The molecule has 4 nitrogen and oxygen atoms in total. The lowest BCUT2D eigenvalue weighted by Crippen LogP contribution is -2.01. The molecule has 17 heavy (non-hydrogen) atoms. The summed E-state index contributed by atoms with van der Waals surface area (Å²) in [6, 6.07) is 3.56. The summed E-state index contributed by atoms with van der Waals surface area (Å²) in [5.41, 5.74) is 7.21. The van der Waals surface area contributed by atoms with Gasteiger partial charge in [0.1, 0.15) is 16.9 Å². The van der Waals surface area contributed by atoms with Crippen LogP contribution in [0.25, 0.3) is 11.0 Å². The van der Waals surface area contributed by atoms with Crippen molar-refractivity contribution >= 4 is 28.5 Å². The van der Waals surface area contributed by atoms with Crippen molar-refractivity contribution in [3.05, 3.63) is 34.0 Å². The van der Waals surface area contributed by atoms with Gasteiger partial charge >= 0.3 is 5.97 Å². The zero-order valence-electron chi connectivity index (χ0n) is 9.54. The fraction of sp³-hybridized carbons (Fsp3) is 0.250. The van der Waals surface area contributed by atoms with Crippen LogP contribution in [0.2, 0.25) is 5.02 Å². The molecule has 0 atom stereocenters. The number of hydrogen-bond donors (Lipinski definition) is 1. The number of ether oxygens (including phenoxy) is 1. The second-order valence-electron chi connectivity index (χ2n) is 3.72. The normalized spacial score (nSPS) is 10.8. The molecular formula is C12H12ClNO3. The Hall–Kier alpha value is -1.52. The zero-order valence-corrected chi connectivity index (χ0v) is 10.3. The highest BCUT2D eigenvalue weighted by molar-refractivity contribution is 6.36. The van der Waals surface area contributed by atoms with Crippen molar-refractivity contribution in [2.24, 2.45) is 5.73 Å². The number of methoxy groups -OCH3 is 1. The number of nitrogens with two attached hydrogens (primary N) is 1. The smallest absolute Gasteiger partial charge is 0.341 e. The van der Waals surface area contributed by atoms with E-state index in [4.69, 9.17) is 26.5 Å². The lowest BCUT2D eigenvalue weighted by atomic mass is 10.1. The van der Waals surface area contributed by atoms with Gasteiger partial charge in [0.15, 0.2) is 0 Å². The summed E-state index contributed by atoms with van der Waals surface area (Å²) in [7, 11) is 1.32. The van der Waals surface area contributed by atoms with Crippen molar-refractivity contribution in [3.8, 4) is 0 Å². The second kappa shape index (κ2) is 4.39. The number of benzene rings is 1. The predicted molar refractivity (Wildman–Crippen MR) is 65.2 cm³/mol. The molecular weight excluding hydrogens is 242 g/mol. The average molecular weight is 254 g/mol. The molecule has 5 heteroatoms. The number of furan rings is 1. The van der Waals surface area contributed by atoms with Gasteiger partial charge < -0.3 is 14.9 Å². The highest BCUT2D eigenvalue weighted by Crippen LogP contribution is 2.33. The van der Waals surface area contributed by atoms with Gasteiger partial charge in [-0.25, -0.2) is 4.79 Å². The maximum absolute atomic E-state index is 11.6. The molecule has 2 rings (SSSR count). The lowest BCUT2D eigenvalue weighted by Gasteiger charge is -2.01. The topological polar surface area (TPSA) is 65.5 Å². The summed E-state index contributed by atoms with van der Waals surface area (Å²) in [5.74, 6) is 0.0186. The van der Waals surface area contributed by atoms with Crippen molar-refractivity contribution in [1.82, 2.24) is 0 Å². The Morgan fingerprint density at radius 2 is 2.24 bits per heavy atom. The number of fused-ring (bicyclic) bond motifs is 1. The number of esters is 1. The van der Waals surface area contributed by atoms with Gasteiger partial charge in [0, 0.05) is 5.39 Å². The first-order chi connectivity index (χ1) is 8.08. The molecule has 1 aromatic heterocycles. The Balaban J connectivity index is 2.80. The van der Waals surface area contributed by atoms with Gasteiger partial charge in [0.25, 0.3) is 0 Å². The summed E-state index contributed by atoms with van der Waals surface area (Å²) in [6.07, 6.45) is 0. The van der Waals surface area contributed by atoms with Crippen LogP contribution < -0.4 is 5.73 Å². The quantitative estimate of drug-likeness (QED) is 0.836. The maximum atomic E-state index is 11.6. The minimum Gasteiger partial charge on any atom is -0.465 e. The molecule has 0 unspecified atom stereocenters. The van der Waals surface area contributed by atoms with E-state index in [0.717, 1.165) is 5.56 Å². The van der Waals surface area contributed by atoms with Crippen LogP contribution in [0.1, 0.15) is 21.7 Å². The van der Waals surface area contributed by atoms with E-state index in [1.54, 1.807) is 6.07 Å². The Morgan fingerprint density at radius 3 is 2.82 bits per heavy atom. The monoisotopic (exact) mass is 253 g/mol. The van der Waals surface area contributed by atoms with Gasteiger partial charge in [-0.3, -0.25) is 0 Å². The molecule has 0 amide bonds. The molecule has 0 aliphatic carbocycles. The van der Waals surface area contributed by atoms with Crippen LogP contribution in [0.5, 0.6) is 0 Å². The molecule has 0 bridgehead atoms. The molecule has 0 aliphatic rings. The van der Waals surface area contributed by atoms with Crippen molar-refractivity contribution < 1.29 is 13.9 Å². The zero-order chi connectivity index (χ0) is 12.6. The average Bonchev–Trinajstić information content (AvgIpc) is 2.64. The number of halogens is 1. The number of carbonyl (C=O) groups is 1. The Labute approximate surface area is 103 Å². The minimum atomic E-state index is -0.451. The molecule has 0 radical (unpaired) electrons. The fourth-order valence-corrected chi connectivity index (χ4v) is 2.01. The molecule has 90 valence electrons.